The molecule has 4 fully saturated rings. The molecule has 6 rings (SSSR count). The van der Waals surface area contributed by atoms with Gasteiger partial charge in [-0.1, -0.05) is 17.8 Å². The van der Waals surface area contributed by atoms with Crippen molar-refractivity contribution in [3.05, 3.63) is 46.1 Å². The summed E-state index contributed by atoms with van der Waals surface area (Å²) in [5, 5.41) is 21.0. The van der Waals surface area contributed by atoms with Crippen LogP contribution in [0.5, 0.6) is 0 Å². The molecular formula is C29H33N7O8S2. The van der Waals surface area contributed by atoms with Crippen molar-refractivity contribution in [2.75, 3.05) is 37.7 Å². The number of nitrogen functional groups attached to an aromatic ring is 1. The first-order chi connectivity index (χ1) is 22.2. The number of β-lactam (4-membered cyclic amide) rings is 1. The fraction of sp³-hybridized carbons (Fsp3) is 0.483. The number of carbonyl (C=O) groups is 5. The van der Waals surface area contributed by atoms with Gasteiger partial charge in [-0.3, -0.25) is 19.3 Å². The van der Waals surface area contributed by atoms with E-state index in [-0.39, 0.29) is 65.6 Å². The maximum absolute atomic E-state index is 13.5. The van der Waals surface area contributed by atoms with Crippen LogP contribution in [0, 0.1) is 5.92 Å². The topological polar surface area (TPSA) is 206 Å². The number of oxime groups is 1. The van der Waals surface area contributed by atoms with Crippen LogP contribution in [0.4, 0.5) is 9.93 Å². The average molecular weight is 672 g/mol. The number of ether oxygens (including phenoxy) is 1. The Balaban J connectivity index is 1.24. The lowest BCUT2D eigenvalue weighted by Crippen LogP contribution is -2.71. The molecule has 1 aromatic rings. The number of rotatable bonds is 10. The number of nitrogens with two attached hydrogens (primary N) is 1. The van der Waals surface area contributed by atoms with Crippen LogP contribution in [0.3, 0.4) is 0 Å². The predicted molar refractivity (Wildman–Crippen MR) is 167 cm³/mol. The third-order valence-electron chi connectivity index (χ3n) is 8.49. The number of likely N-dealkylation sites (tertiary alicyclic amines) is 1. The van der Waals surface area contributed by atoms with Gasteiger partial charge in [0.2, 0.25) is 5.91 Å². The maximum Gasteiger partial charge on any atom is 0.410 e. The molecule has 244 valence electrons. The molecule has 46 heavy (non-hydrogen) atoms. The molecule has 5 heterocycles. The summed E-state index contributed by atoms with van der Waals surface area (Å²) in [6.45, 7) is 4.44. The van der Waals surface area contributed by atoms with E-state index in [1.165, 1.54) is 22.7 Å². The Hall–Kier alpha value is -4.38. The highest BCUT2D eigenvalue weighted by atomic mass is 32.2. The number of amides is 4. The largest absolute Gasteiger partial charge is 0.477 e. The minimum absolute atomic E-state index is 0.0518. The van der Waals surface area contributed by atoms with E-state index >= 15 is 0 Å². The van der Waals surface area contributed by atoms with E-state index in [0.29, 0.717) is 29.7 Å². The van der Waals surface area contributed by atoms with Gasteiger partial charge in [0.15, 0.2) is 10.8 Å². The summed E-state index contributed by atoms with van der Waals surface area (Å²) in [7, 11) is 0. The van der Waals surface area contributed by atoms with Crippen LogP contribution in [-0.2, 0) is 28.8 Å². The third-order valence-corrected chi connectivity index (χ3v) is 10.4. The number of carboxylic acids is 1. The highest BCUT2D eigenvalue weighted by molar-refractivity contribution is 8.00. The zero-order chi connectivity index (χ0) is 32.5. The number of nitrogens with one attached hydrogen (secondary N) is 2. The third kappa shape index (κ3) is 5.95. The van der Waals surface area contributed by atoms with Crippen molar-refractivity contribution >= 4 is 63.7 Å². The summed E-state index contributed by atoms with van der Waals surface area (Å²) >= 11 is 2.41. The van der Waals surface area contributed by atoms with Gasteiger partial charge in [-0.05, 0) is 43.3 Å². The predicted octanol–water partition coefficient (Wildman–Crippen LogP) is 1.20. The molecule has 0 spiro atoms. The van der Waals surface area contributed by atoms with Crippen molar-refractivity contribution in [1.29, 1.82) is 0 Å². The van der Waals surface area contributed by atoms with E-state index < -0.39 is 35.3 Å². The number of aromatic nitrogens is 1. The minimum atomic E-state index is -1.33. The van der Waals surface area contributed by atoms with Gasteiger partial charge in [-0.15, -0.1) is 23.1 Å². The molecule has 4 aliphatic heterocycles. The summed E-state index contributed by atoms with van der Waals surface area (Å²) in [6, 6.07) is -1.04. The number of thiazole rings is 1. The van der Waals surface area contributed by atoms with Crippen molar-refractivity contribution in [1.82, 2.24) is 25.4 Å². The minimum Gasteiger partial charge on any atom is -0.477 e. The summed E-state index contributed by atoms with van der Waals surface area (Å²) in [5.41, 5.74) is 6.97. The highest BCUT2D eigenvalue weighted by Gasteiger charge is 2.55. The molecule has 0 bridgehead atoms. The number of hydrogen-bond donors (Lipinski definition) is 4. The molecule has 5 aliphatic rings. The van der Waals surface area contributed by atoms with Crippen LogP contribution in [0.15, 0.2) is 45.6 Å². The maximum atomic E-state index is 13.5. The molecule has 5 N–H and O–H groups in total. The summed E-state index contributed by atoms with van der Waals surface area (Å²) in [4.78, 5) is 77.3. The monoisotopic (exact) mass is 671 g/mol. The van der Waals surface area contributed by atoms with Gasteiger partial charge < -0.3 is 35.9 Å². The van der Waals surface area contributed by atoms with E-state index in [9.17, 15) is 29.1 Å². The van der Waals surface area contributed by atoms with E-state index in [2.05, 4.69) is 27.4 Å². The Morgan fingerprint density at radius 1 is 1.26 bits per heavy atom. The smallest absolute Gasteiger partial charge is 0.410 e. The number of aliphatic carboxylic acids is 1. The molecule has 1 saturated carbocycles. The van der Waals surface area contributed by atoms with Gasteiger partial charge in [0.25, 0.3) is 11.8 Å². The van der Waals surface area contributed by atoms with Gasteiger partial charge in [0.05, 0.1) is 0 Å². The van der Waals surface area contributed by atoms with Gasteiger partial charge >= 0.3 is 12.1 Å². The van der Waals surface area contributed by atoms with Crippen LogP contribution >= 0.6 is 23.1 Å². The molecule has 4 amide bonds. The molecule has 0 unspecified atom stereocenters. The molecule has 2 atom stereocenters. The Kier molecular flexibility index (Phi) is 9.04. The first-order valence-electron chi connectivity index (χ1n) is 14.9. The number of hydrogen-bond acceptors (Lipinski definition) is 12. The number of thioether (sulfide) groups is 1. The standard InChI is InChI=1S/C29H33N7O8S2/c1-2-9-43-29(42)35-10-14(11-35)19(16-7-8-31-23(16)37)17-12-45-26-21(25(39)36(26)22(17)27(40)41)33-24(38)20(18-13-46-28(30)32-18)34-44-15-5-3-4-6-15/h2,13-15,21,26H,1,3-12H2,(H2,30,32)(H,31,37)(H,33,38)(H,40,41)/t21-,26-/m1/s1. The van der Waals surface area contributed by atoms with Gasteiger partial charge in [-0.25, -0.2) is 14.6 Å². The first kappa shape index (κ1) is 31.6. The number of carboxylic acid groups (broad SMARTS) is 1. The zero-order valence-corrected chi connectivity index (χ0v) is 26.4. The quantitative estimate of drug-likeness (QED) is 0.0914. The molecule has 0 radical (unpaired) electrons. The lowest BCUT2D eigenvalue weighted by Gasteiger charge is -2.50. The van der Waals surface area contributed by atoms with Crippen molar-refractivity contribution < 1.29 is 38.7 Å². The Morgan fingerprint density at radius 2 is 2.02 bits per heavy atom. The SMILES string of the molecule is C=CCOC(=O)N1CC(C(=C2CCNC2=O)C2=C(C(=O)O)N3C(=O)[C@@H](NC(=O)C(=NOC4CCCC4)c4csc(N)n4)[C@H]3SC2)C1. The second-order valence-corrected chi connectivity index (χ2v) is 13.4. The van der Waals surface area contributed by atoms with Gasteiger partial charge in [0.1, 0.15) is 35.5 Å². The number of fused-ring (bicyclic) bond motifs is 1. The fourth-order valence-corrected chi connectivity index (χ4v) is 8.15. The molecule has 1 aromatic heterocycles. The molecule has 17 heteroatoms. The number of carbonyl (C=O) groups excluding carboxylic acids is 4. The van der Waals surface area contributed by atoms with Crippen LogP contribution in [-0.4, -0.2) is 105 Å². The van der Waals surface area contributed by atoms with E-state index in [4.69, 9.17) is 15.3 Å². The number of nitrogens with zero attached hydrogens (tertiary/aromatic N) is 4. The highest BCUT2D eigenvalue weighted by Crippen LogP contribution is 2.46. The van der Waals surface area contributed by atoms with Crippen LogP contribution < -0.4 is 16.4 Å². The van der Waals surface area contributed by atoms with Crippen LogP contribution in [0.25, 0.3) is 0 Å². The van der Waals surface area contributed by atoms with E-state index in [1.54, 1.807) is 5.38 Å². The second-order valence-electron chi connectivity index (χ2n) is 11.4. The van der Waals surface area contributed by atoms with Crippen molar-refractivity contribution in [3.8, 4) is 0 Å². The van der Waals surface area contributed by atoms with Gasteiger partial charge in [0, 0.05) is 42.3 Å². The normalized spacial score (nSPS) is 24.6. The van der Waals surface area contributed by atoms with E-state index in [1.807, 2.05) is 0 Å². The Labute approximate surface area is 271 Å². The summed E-state index contributed by atoms with van der Waals surface area (Å²) < 4.78 is 5.11. The van der Waals surface area contributed by atoms with Crippen molar-refractivity contribution in [3.63, 3.8) is 0 Å². The molecule has 1 aliphatic carbocycles. The van der Waals surface area contributed by atoms with Crippen LogP contribution in [0.1, 0.15) is 37.8 Å². The van der Waals surface area contributed by atoms with Crippen molar-refractivity contribution in [2.45, 2.75) is 49.6 Å². The van der Waals surface area contributed by atoms with E-state index in [0.717, 1.165) is 41.9 Å². The molecule has 15 nitrogen and oxygen atoms in total. The van der Waals surface area contributed by atoms with Crippen molar-refractivity contribution in [2.24, 2.45) is 11.1 Å². The first-order valence-corrected chi connectivity index (χ1v) is 16.8. The Morgan fingerprint density at radius 3 is 2.65 bits per heavy atom. The number of anilines is 1. The van der Waals surface area contributed by atoms with Gasteiger partial charge in [-0.2, -0.15) is 0 Å². The molecule has 3 saturated heterocycles. The van der Waals surface area contributed by atoms with Crippen LogP contribution in [0.2, 0.25) is 0 Å². The summed E-state index contributed by atoms with van der Waals surface area (Å²) in [5.74, 6) is -3.11. The average Bonchev–Trinajstić information content (AvgIpc) is 3.79. The summed E-state index contributed by atoms with van der Waals surface area (Å²) in [6.07, 6.45) is 4.82. The lowest BCUT2D eigenvalue weighted by molar-refractivity contribution is -0.150. The molecule has 0 aromatic carbocycles. The molecular weight excluding hydrogens is 638 g/mol. The zero-order valence-electron chi connectivity index (χ0n) is 24.7. The second kappa shape index (κ2) is 13.2. The Bertz CT molecular complexity index is 1570. The fourth-order valence-electron chi connectivity index (χ4n) is 6.24. The lowest BCUT2D eigenvalue weighted by atomic mass is 9.81.